The number of hydrogen-bond acceptors (Lipinski definition) is 2. The summed E-state index contributed by atoms with van der Waals surface area (Å²) in [7, 11) is 0. The highest BCUT2D eigenvalue weighted by Gasteiger charge is 2.52. The third-order valence-electron chi connectivity index (χ3n) is 3.67. The van der Waals surface area contributed by atoms with Crippen LogP contribution in [0.15, 0.2) is 0 Å². The van der Waals surface area contributed by atoms with Gasteiger partial charge in [-0.05, 0) is 27.2 Å². The Hall–Kier alpha value is -0.580. The van der Waals surface area contributed by atoms with E-state index in [0.29, 0.717) is 0 Å². The van der Waals surface area contributed by atoms with E-state index in [1.54, 1.807) is 25.7 Å². The van der Waals surface area contributed by atoms with Gasteiger partial charge in [-0.1, -0.05) is 20.8 Å². The van der Waals surface area contributed by atoms with Crippen molar-refractivity contribution in [2.75, 3.05) is 6.54 Å². The largest absolute Gasteiger partial charge is 0.393 e. The van der Waals surface area contributed by atoms with Crippen molar-refractivity contribution in [2.45, 2.75) is 65.7 Å². The quantitative estimate of drug-likeness (QED) is 0.730. The van der Waals surface area contributed by atoms with Crippen molar-refractivity contribution in [2.24, 2.45) is 11.3 Å². The van der Waals surface area contributed by atoms with Gasteiger partial charge in [0.1, 0.15) is 0 Å². The Kier molecular flexibility index (Phi) is 4.13. The number of alkyl halides is 3. The van der Waals surface area contributed by atoms with Crippen molar-refractivity contribution >= 4 is 5.78 Å². The van der Waals surface area contributed by atoms with E-state index in [0.717, 1.165) is 0 Å². The Morgan fingerprint density at radius 3 is 1.84 bits per heavy atom. The number of rotatable bonds is 1. The Bertz CT molecular complexity index is 349. The number of ketones is 1. The van der Waals surface area contributed by atoms with E-state index in [4.69, 9.17) is 0 Å². The summed E-state index contributed by atoms with van der Waals surface area (Å²) in [4.78, 5) is 14.1. The molecule has 112 valence electrons. The fourth-order valence-corrected chi connectivity index (χ4v) is 2.56. The molecule has 1 saturated heterocycles. The molecule has 0 aromatic heterocycles. The van der Waals surface area contributed by atoms with Crippen molar-refractivity contribution in [3.05, 3.63) is 0 Å². The van der Waals surface area contributed by atoms with Gasteiger partial charge in [0.25, 0.3) is 0 Å². The van der Waals surface area contributed by atoms with Gasteiger partial charge in [0.05, 0.1) is 12.0 Å². The van der Waals surface area contributed by atoms with E-state index in [-0.39, 0.29) is 18.7 Å². The van der Waals surface area contributed by atoms with Crippen LogP contribution in [-0.2, 0) is 4.79 Å². The molecule has 19 heavy (non-hydrogen) atoms. The van der Waals surface area contributed by atoms with Crippen LogP contribution in [0.25, 0.3) is 0 Å². The van der Waals surface area contributed by atoms with Crippen LogP contribution in [0.4, 0.5) is 13.2 Å². The molecular formula is C14H24F3NO. The Balaban J connectivity index is 3.04. The molecule has 1 heterocycles. The highest BCUT2D eigenvalue weighted by Crippen LogP contribution is 2.41. The zero-order chi connectivity index (χ0) is 15.2. The first-order chi connectivity index (χ1) is 8.24. The van der Waals surface area contributed by atoms with Crippen molar-refractivity contribution in [3.8, 4) is 0 Å². The molecule has 0 bridgehead atoms. The predicted octanol–water partition coefficient (Wildman–Crippen LogP) is 3.65. The molecule has 0 N–H and O–H groups in total. The Morgan fingerprint density at radius 2 is 1.53 bits per heavy atom. The Labute approximate surface area is 113 Å². The molecule has 1 aliphatic rings. The molecule has 0 amide bonds. The maximum absolute atomic E-state index is 12.9. The highest BCUT2D eigenvalue weighted by molar-refractivity contribution is 5.89. The fourth-order valence-electron chi connectivity index (χ4n) is 2.56. The van der Waals surface area contributed by atoms with E-state index in [1.807, 2.05) is 20.8 Å². The third kappa shape index (κ3) is 3.71. The molecule has 0 aromatic rings. The first-order valence-corrected chi connectivity index (χ1v) is 6.62. The lowest BCUT2D eigenvalue weighted by Crippen LogP contribution is -2.50. The highest BCUT2D eigenvalue weighted by atomic mass is 19.4. The molecule has 0 spiro atoms. The summed E-state index contributed by atoms with van der Waals surface area (Å²) in [5.74, 6) is -1.50. The first-order valence-electron chi connectivity index (χ1n) is 6.62. The minimum absolute atomic E-state index is 0.0838. The summed E-state index contributed by atoms with van der Waals surface area (Å²) in [6.07, 6.45) is -4.34. The topological polar surface area (TPSA) is 20.3 Å². The van der Waals surface area contributed by atoms with Crippen LogP contribution in [0.5, 0.6) is 0 Å². The summed E-state index contributed by atoms with van der Waals surface area (Å²) >= 11 is 0. The molecule has 5 heteroatoms. The second-order valence-corrected chi connectivity index (χ2v) is 7.43. The second kappa shape index (κ2) is 4.76. The van der Waals surface area contributed by atoms with Crippen LogP contribution in [-0.4, -0.2) is 35.0 Å². The summed E-state index contributed by atoms with van der Waals surface area (Å²) < 4.78 is 38.8. The van der Waals surface area contributed by atoms with Crippen molar-refractivity contribution < 1.29 is 18.0 Å². The average Bonchev–Trinajstić information content (AvgIpc) is 2.57. The van der Waals surface area contributed by atoms with Crippen molar-refractivity contribution in [1.82, 2.24) is 4.90 Å². The smallest absolute Gasteiger partial charge is 0.297 e. The number of Topliss-reactive ketones (excluding diaryl/α,β-unsaturated/α-hetero) is 1. The second-order valence-electron chi connectivity index (χ2n) is 7.43. The van der Waals surface area contributed by atoms with Gasteiger partial charge in [0, 0.05) is 17.5 Å². The van der Waals surface area contributed by atoms with E-state index >= 15 is 0 Å². The number of hydrogen-bond donors (Lipinski definition) is 0. The standard InChI is InChI=1S/C14H24F3NO/c1-12(2,3)11(19)10-7-9(14(15,16)17)8-18(10)13(4,5)6/h9-10H,7-8H2,1-6H3. The zero-order valence-corrected chi connectivity index (χ0v) is 12.6. The summed E-state index contributed by atoms with van der Waals surface area (Å²) in [5, 5.41) is 0. The zero-order valence-electron chi connectivity index (χ0n) is 12.6. The monoisotopic (exact) mass is 279 g/mol. The maximum Gasteiger partial charge on any atom is 0.393 e. The van der Waals surface area contributed by atoms with Crippen LogP contribution in [0.2, 0.25) is 0 Å². The fraction of sp³-hybridized carbons (Fsp3) is 0.929. The van der Waals surface area contributed by atoms with Crippen LogP contribution < -0.4 is 0 Å². The van der Waals surface area contributed by atoms with E-state index < -0.39 is 29.1 Å². The molecule has 0 saturated carbocycles. The van der Waals surface area contributed by atoms with Gasteiger partial charge in [-0.3, -0.25) is 9.69 Å². The predicted molar refractivity (Wildman–Crippen MR) is 68.9 cm³/mol. The molecule has 1 aliphatic heterocycles. The van der Waals surface area contributed by atoms with Crippen LogP contribution in [0.1, 0.15) is 48.0 Å². The van der Waals surface area contributed by atoms with Gasteiger partial charge >= 0.3 is 6.18 Å². The lowest BCUT2D eigenvalue weighted by molar-refractivity contribution is -0.171. The number of carbonyl (C=O) groups excluding carboxylic acids is 1. The lowest BCUT2D eigenvalue weighted by Gasteiger charge is -2.38. The molecule has 0 radical (unpaired) electrons. The molecule has 0 aromatic carbocycles. The van der Waals surface area contributed by atoms with Gasteiger partial charge in [-0.25, -0.2) is 0 Å². The molecular weight excluding hydrogens is 255 g/mol. The first kappa shape index (κ1) is 16.5. The normalized spacial score (nSPS) is 26.8. The summed E-state index contributed by atoms with van der Waals surface area (Å²) in [5.41, 5.74) is -1.06. The molecule has 1 fully saturated rings. The Morgan fingerprint density at radius 1 is 1.05 bits per heavy atom. The van der Waals surface area contributed by atoms with Crippen LogP contribution in [0.3, 0.4) is 0 Å². The molecule has 2 unspecified atom stereocenters. The van der Waals surface area contributed by atoms with Gasteiger partial charge in [0.15, 0.2) is 5.78 Å². The number of carbonyl (C=O) groups is 1. The molecule has 1 rings (SSSR count). The van der Waals surface area contributed by atoms with Crippen LogP contribution in [0, 0.1) is 11.3 Å². The molecule has 2 nitrogen and oxygen atoms in total. The minimum Gasteiger partial charge on any atom is -0.297 e. The number of likely N-dealkylation sites (tertiary alicyclic amines) is 1. The lowest BCUT2D eigenvalue weighted by atomic mass is 9.84. The SMILES string of the molecule is CC(C)(C)C(=O)C1CC(C(F)(F)F)CN1C(C)(C)C. The van der Waals surface area contributed by atoms with E-state index in [9.17, 15) is 18.0 Å². The molecule has 2 atom stereocenters. The van der Waals surface area contributed by atoms with Gasteiger partial charge in [-0.2, -0.15) is 13.2 Å². The van der Waals surface area contributed by atoms with Gasteiger partial charge in [-0.15, -0.1) is 0 Å². The van der Waals surface area contributed by atoms with Crippen molar-refractivity contribution in [1.29, 1.82) is 0 Å². The van der Waals surface area contributed by atoms with Crippen molar-refractivity contribution in [3.63, 3.8) is 0 Å². The maximum atomic E-state index is 12.9. The van der Waals surface area contributed by atoms with Crippen LogP contribution >= 0.6 is 0 Å². The van der Waals surface area contributed by atoms with E-state index in [1.165, 1.54) is 0 Å². The average molecular weight is 279 g/mol. The number of nitrogens with zero attached hydrogens (tertiary/aromatic N) is 1. The van der Waals surface area contributed by atoms with Gasteiger partial charge < -0.3 is 0 Å². The molecule has 0 aliphatic carbocycles. The van der Waals surface area contributed by atoms with Gasteiger partial charge in [0.2, 0.25) is 0 Å². The number of halogens is 3. The summed E-state index contributed by atoms with van der Waals surface area (Å²) in [6, 6.07) is -0.633. The third-order valence-corrected chi connectivity index (χ3v) is 3.67. The summed E-state index contributed by atoms with van der Waals surface area (Å²) in [6.45, 7) is 10.8. The van der Waals surface area contributed by atoms with E-state index in [2.05, 4.69) is 0 Å². The minimum atomic E-state index is -4.23.